The maximum absolute atomic E-state index is 12.7. The van der Waals surface area contributed by atoms with Gasteiger partial charge in [0.25, 0.3) is 0 Å². The molecular formula is C21H28N4O2. The third-order valence-corrected chi connectivity index (χ3v) is 5.73. The zero-order valence-corrected chi connectivity index (χ0v) is 16.3. The Bertz CT molecular complexity index is 860. The van der Waals surface area contributed by atoms with Crippen molar-refractivity contribution in [1.82, 2.24) is 19.4 Å². The van der Waals surface area contributed by atoms with Gasteiger partial charge in [-0.1, -0.05) is 13.0 Å². The number of carbonyl (C=O) groups excluding carboxylic acids is 2. The minimum Gasteiger partial charge on any atom is -0.339 e. The quantitative estimate of drug-likeness (QED) is 0.815. The van der Waals surface area contributed by atoms with Crippen LogP contribution in [0, 0.1) is 0 Å². The number of hydrogen-bond donors (Lipinski definition) is 0. The number of imidazole rings is 1. The van der Waals surface area contributed by atoms with Gasteiger partial charge in [-0.25, -0.2) is 4.98 Å². The number of carbonyl (C=O) groups is 2. The molecule has 1 aliphatic carbocycles. The lowest BCUT2D eigenvalue weighted by molar-refractivity contribution is -0.139. The highest BCUT2D eigenvalue weighted by Crippen LogP contribution is 2.40. The van der Waals surface area contributed by atoms with Crippen LogP contribution in [0.4, 0.5) is 0 Å². The molecule has 4 rings (SSSR count). The molecule has 0 atom stereocenters. The topological polar surface area (TPSA) is 58.4 Å². The predicted octanol–water partition coefficient (Wildman–Crippen LogP) is 2.46. The molecule has 1 saturated heterocycles. The maximum Gasteiger partial charge on any atom is 0.227 e. The Morgan fingerprint density at radius 1 is 1.07 bits per heavy atom. The van der Waals surface area contributed by atoms with Gasteiger partial charge in [-0.2, -0.15) is 0 Å². The molecule has 1 aromatic carbocycles. The lowest BCUT2D eigenvalue weighted by atomic mass is 10.1. The normalized spacial score (nSPS) is 17.6. The molecule has 0 bridgehead atoms. The van der Waals surface area contributed by atoms with Gasteiger partial charge in [-0.3, -0.25) is 9.59 Å². The standard InChI is InChI=1S/C21H28N4O2/c1-3-4-19(26)24-9-11-25(12-10-24)20(27)14-15-5-8-18-17(13-15)22-21(23(18)2)16-6-7-16/h5,8,13,16H,3-4,6-7,9-12,14H2,1-2H3. The summed E-state index contributed by atoms with van der Waals surface area (Å²) in [5, 5.41) is 0. The molecule has 2 heterocycles. The van der Waals surface area contributed by atoms with Crippen LogP contribution in [0.5, 0.6) is 0 Å². The average Bonchev–Trinajstić information content (AvgIpc) is 3.46. The second-order valence-corrected chi connectivity index (χ2v) is 7.81. The lowest BCUT2D eigenvalue weighted by Gasteiger charge is -2.35. The number of piperazine rings is 1. The second kappa shape index (κ2) is 7.33. The zero-order chi connectivity index (χ0) is 19.0. The minimum absolute atomic E-state index is 0.135. The van der Waals surface area contributed by atoms with Crippen molar-refractivity contribution < 1.29 is 9.59 Å². The minimum atomic E-state index is 0.135. The highest BCUT2D eigenvalue weighted by atomic mass is 16.2. The smallest absolute Gasteiger partial charge is 0.227 e. The van der Waals surface area contributed by atoms with Gasteiger partial charge in [0.15, 0.2) is 0 Å². The Labute approximate surface area is 160 Å². The molecule has 2 fully saturated rings. The summed E-state index contributed by atoms with van der Waals surface area (Å²) >= 11 is 0. The van der Waals surface area contributed by atoms with Gasteiger partial charge in [0, 0.05) is 45.6 Å². The number of rotatable bonds is 5. The number of fused-ring (bicyclic) bond motifs is 1. The van der Waals surface area contributed by atoms with Gasteiger partial charge in [0.05, 0.1) is 17.5 Å². The molecule has 2 aromatic rings. The van der Waals surface area contributed by atoms with Gasteiger partial charge in [-0.15, -0.1) is 0 Å². The predicted molar refractivity (Wildman–Crippen MR) is 104 cm³/mol. The number of aryl methyl sites for hydroxylation is 1. The number of benzene rings is 1. The van der Waals surface area contributed by atoms with Crippen LogP contribution in [0.2, 0.25) is 0 Å². The van der Waals surface area contributed by atoms with Crippen LogP contribution in [0.25, 0.3) is 11.0 Å². The highest BCUT2D eigenvalue weighted by molar-refractivity contribution is 5.83. The van der Waals surface area contributed by atoms with Crippen molar-refractivity contribution in [3.05, 3.63) is 29.6 Å². The molecular weight excluding hydrogens is 340 g/mol. The first-order valence-electron chi connectivity index (χ1n) is 10.1. The highest BCUT2D eigenvalue weighted by Gasteiger charge is 2.29. The molecule has 0 radical (unpaired) electrons. The molecule has 0 unspecified atom stereocenters. The summed E-state index contributed by atoms with van der Waals surface area (Å²) in [5.41, 5.74) is 3.13. The monoisotopic (exact) mass is 368 g/mol. The number of amides is 2. The van der Waals surface area contributed by atoms with E-state index in [1.165, 1.54) is 18.7 Å². The van der Waals surface area contributed by atoms with Crippen LogP contribution in [0.3, 0.4) is 0 Å². The summed E-state index contributed by atoms with van der Waals surface area (Å²) in [6, 6.07) is 6.18. The molecule has 27 heavy (non-hydrogen) atoms. The number of hydrogen-bond acceptors (Lipinski definition) is 3. The summed E-state index contributed by atoms with van der Waals surface area (Å²) in [5.74, 6) is 2.12. The molecule has 1 aromatic heterocycles. The summed E-state index contributed by atoms with van der Waals surface area (Å²) in [4.78, 5) is 33.2. The van der Waals surface area contributed by atoms with E-state index in [-0.39, 0.29) is 11.8 Å². The zero-order valence-electron chi connectivity index (χ0n) is 16.3. The Morgan fingerprint density at radius 3 is 2.37 bits per heavy atom. The Hall–Kier alpha value is -2.37. The molecule has 6 nitrogen and oxygen atoms in total. The van der Waals surface area contributed by atoms with Crippen molar-refractivity contribution >= 4 is 22.8 Å². The lowest BCUT2D eigenvalue weighted by Crippen LogP contribution is -2.50. The largest absolute Gasteiger partial charge is 0.339 e. The first-order valence-corrected chi connectivity index (χ1v) is 10.1. The molecule has 0 spiro atoms. The van der Waals surface area contributed by atoms with Gasteiger partial charge in [0.2, 0.25) is 11.8 Å². The maximum atomic E-state index is 12.7. The third kappa shape index (κ3) is 3.70. The average molecular weight is 368 g/mol. The summed E-state index contributed by atoms with van der Waals surface area (Å²) < 4.78 is 2.19. The SMILES string of the molecule is CCCC(=O)N1CCN(C(=O)Cc2ccc3c(c2)nc(C2CC2)n3C)CC1. The van der Waals surface area contributed by atoms with Crippen molar-refractivity contribution in [2.75, 3.05) is 26.2 Å². The van der Waals surface area contributed by atoms with Crippen molar-refractivity contribution in [2.45, 2.75) is 44.9 Å². The summed E-state index contributed by atoms with van der Waals surface area (Å²) in [6.07, 6.45) is 4.33. The molecule has 0 N–H and O–H groups in total. The van der Waals surface area contributed by atoms with Crippen LogP contribution >= 0.6 is 0 Å². The Kier molecular flexibility index (Phi) is 4.89. The van der Waals surface area contributed by atoms with Crippen LogP contribution in [0.15, 0.2) is 18.2 Å². The molecule has 6 heteroatoms. The van der Waals surface area contributed by atoms with E-state index in [4.69, 9.17) is 4.98 Å². The van der Waals surface area contributed by atoms with E-state index >= 15 is 0 Å². The third-order valence-electron chi connectivity index (χ3n) is 5.73. The van der Waals surface area contributed by atoms with Crippen LogP contribution in [-0.4, -0.2) is 57.3 Å². The first-order chi connectivity index (χ1) is 13.1. The van der Waals surface area contributed by atoms with Crippen molar-refractivity contribution in [3.63, 3.8) is 0 Å². The Balaban J connectivity index is 1.39. The van der Waals surface area contributed by atoms with Gasteiger partial charge < -0.3 is 14.4 Å². The van der Waals surface area contributed by atoms with E-state index in [9.17, 15) is 9.59 Å². The van der Waals surface area contributed by atoms with E-state index in [0.29, 0.717) is 44.9 Å². The molecule has 2 aliphatic rings. The molecule has 2 amide bonds. The van der Waals surface area contributed by atoms with Gasteiger partial charge >= 0.3 is 0 Å². The fourth-order valence-corrected chi connectivity index (χ4v) is 3.94. The van der Waals surface area contributed by atoms with E-state index in [2.05, 4.69) is 23.7 Å². The van der Waals surface area contributed by atoms with Crippen molar-refractivity contribution in [3.8, 4) is 0 Å². The van der Waals surface area contributed by atoms with Crippen molar-refractivity contribution in [2.24, 2.45) is 7.05 Å². The van der Waals surface area contributed by atoms with E-state index < -0.39 is 0 Å². The fraction of sp³-hybridized carbons (Fsp3) is 0.571. The van der Waals surface area contributed by atoms with E-state index in [0.717, 1.165) is 23.0 Å². The van der Waals surface area contributed by atoms with E-state index in [1.54, 1.807) is 0 Å². The van der Waals surface area contributed by atoms with Crippen LogP contribution < -0.4 is 0 Å². The van der Waals surface area contributed by atoms with Crippen LogP contribution in [0.1, 0.15) is 49.9 Å². The molecule has 1 aliphatic heterocycles. The van der Waals surface area contributed by atoms with E-state index in [1.807, 2.05) is 22.8 Å². The van der Waals surface area contributed by atoms with Gasteiger partial charge in [-0.05, 0) is 37.0 Å². The van der Waals surface area contributed by atoms with Crippen molar-refractivity contribution in [1.29, 1.82) is 0 Å². The summed E-state index contributed by atoms with van der Waals surface area (Å²) in [7, 11) is 2.08. The van der Waals surface area contributed by atoms with Gasteiger partial charge in [0.1, 0.15) is 5.82 Å². The second-order valence-electron chi connectivity index (χ2n) is 7.81. The summed E-state index contributed by atoms with van der Waals surface area (Å²) in [6.45, 7) is 4.57. The molecule has 1 saturated carbocycles. The van der Waals surface area contributed by atoms with Crippen LogP contribution in [-0.2, 0) is 23.1 Å². The fourth-order valence-electron chi connectivity index (χ4n) is 3.94. The first kappa shape index (κ1) is 18.0. The number of nitrogens with zero attached hydrogens (tertiary/aromatic N) is 4. The molecule has 144 valence electrons. The number of aromatic nitrogens is 2. The Morgan fingerprint density at radius 2 is 1.74 bits per heavy atom.